The second kappa shape index (κ2) is 18.0. The highest BCUT2D eigenvalue weighted by Crippen LogP contribution is 2.44. The molecule has 0 aromatic heterocycles. The SMILES string of the molecule is CCCCCCCC/C=C\CCCCCCCCOP(O)(=S)Oc1ccc(C)cc1. The van der Waals surface area contributed by atoms with Crippen LogP contribution < -0.4 is 4.52 Å². The molecule has 0 bridgehead atoms. The zero-order valence-electron chi connectivity index (χ0n) is 19.2. The Morgan fingerprint density at radius 2 is 1.30 bits per heavy atom. The highest BCUT2D eigenvalue weighted by Gasteiger charge is 2.16. The first-order valence-electron chi connectivity index (χ1n) is 11.9. The summed E-state index contributed by atoms with van der Waals surface area (Å²) in [4.78, 5) is 10.1. The Labute approximate surface area is 190 Å². The number of aryl methyl sites for hydroxylation is 1. The molecule has 0 saturated carbocycles. The molecule has 0 spiro atoms. The van der Waals surface area contributed by atoms with Gasteiger partial charge in [-0.1, -0.05) is 94.6 Å². The summed E-state index contributed by atoms with van der Waals surface area (Å²) in [6.07, 6.45) is 22.5. The average molecular weight is 455 g/mol. The molecule has 0 saturated heterocycles. The fourth-order valence-corrected chi connectivity index (χ4v) is 4.57. The van der Waals surface area contributed by atoms with Gasteiger partial charge in [0.2, 0.25) is 0 Å². The van der Waals surface area contributed by atoms with Crippen LogP contribution in [-0.4, -0.2) is 11.5 Å². The van der Waals surface area contributed by atoms with Gasteiger partial charge in [0.15, 0.2) is 0 Å². The van der Waals surface area contributed by atoms with Crippen LogP contribution in [0.1, 0.15) is 102 Å². The first-order chi connectivity index (χ1) is 14.5. The molecule has 1 rings (SSSR count). The largest absolute Gasteiger partial charge is 0.424 e. The second-order valence-electron chi connectivity index (χ2n) is 8.14. The smallest absolute Gasteiger partial charge is 0.377 e. The maximum atomic E-state index is 10.1. The van der Waals surface area contributed by atoms with E-state index in [0.29, 0.717) is 12.4 Å². The summed E-state index contributed by atoms with van der Waals surface area (Å²) in [6.45, 7) is 1.54. The van der Waals surface area contributed by atoms with Gasteiger partial charge < -0.3 is 9.42 Å². The first kappa shape index (κ1) is 27.4. The molecule has 3 nitrogen and oxygen atoms in total. The third-order valence-electron chi connectivity index (χ3n) is 5.15. The monoisotopic (exact) mass is 454 g/mol. The van der Waals surface area contributed by atoms with Crippen LogP contribution in [-0.2, 0) is 16.3 Å². The van der Waals surface area contributed by atoms with Crippen LogP contribution in [0.4, 0.5) is 0 Å². The van der Waals surface area contributed by atoms with Gasteiger partial charge in [-0.05, 0) is 51.2 Å². The summed E-state index contributed by atoms with van der Waals surface area (Å²) in [5.74, 6) is 0.562. The van der Waals surface area contributed by atoms with Gasteiger partial charge in [-0.25, -0.2) is 0 Å². The van der Waals surface area contributed by atoms with Crippen molar-refractivity contribution < 1.29 is 13.9 Å². The van der Waals surface area contributed by atoms with Gasteiger partial charge in [0.05, 0.1) is 6.61 Å². The molecule has 0 aliphatic heterocycles. The predicted octanol–water partition coefficient (Wildman–Crippen LogP) is 8.64. The molecular weight excluding hydrogens is 411 g/mol. The van der Waals surface area contributed by atoms with Crippen molar-refractivity contribution in [3.05, 3.63) is 42.0 Å². The Bertz CT molecular complexity index is 601. The number of hydrogen-bond acceptors (Lipinski definition) is 3. The van der Waals surface area contributed by atoms with Crippen LogP contribution >= 0.6 is 6.72 Å². The van der Waals surface area contributed by atoms with Crippen molar-refractivity contribution in [2.24, 2.45) is 0 Å². The lowest BCUT2D eigenvalue weighted by Crippen LogP contribution is -1.99. The van der Waals surface area contributed by atoms with E-state index in [0.717, 1.165) is 18.4 Å². The summed E-state index contributed by atoms with van der Waals surface area (Å²) in [6, 6.07) is 7.46. The topological polar surface area (TPSA) is 38.7 Å². The van der Waals surface area contributed by atoms with Crippen LogP contribution in [0.5, 0.6) is 5.75 Å². The van der Waals surface area contributed by atoms with Gasteiger partial charge in [0.25, 0.3) is 0 Å². The van der Waals surface area contributed by atoms with Gasteiger partial charge in [-0.3, -0.25) is 4.52 Å². The number of unbranched alkanes of at least 4 members (excludes halogenated alkanes) is 12. The highest BCUT2D eigenvalue weighted by atomic mass is 32.5. The van der Waals surface area contributed by atoms with E-state index in [1.165, 1.54) is 77.0 Å². The maximum absolute atomic E-state index is 10.1. The Kier molecular flexibility index (Phi) is 16.4. The molecule has 30 heavy (non-hydrogen) atoms. The van der Waals surface area contributed by atoms with E-state index in [1.54, 1.807) is 12.1 Å². The maximum Gasteiger partial charge on any atom is 0.377 e. The van der Waals surface area contributed by atoms with Crippen LogP contribution in [0.2, 0.25) is 0 Å². The number of allylic oxidation sites excluding steroid dienone is 2. The minimum Gasteiger partial charge on any atom is -0.424 e. The van der Waals surface area contributed by atoms with Crippen LogP contribution in [0.15, 0.2) is 36.4 Å². The summed E-state index contributed by atoms with van der Waals surface area (Å²) < 4.78 is 10.9. The lowest BCUT2D eigenvalue weighted by molar-refractivity contribution is 0.250. The molecule has 0 aliphatic carbocycles. The van der Waals surface area contributed by atoms with E-state index in [4.69, 9.17) is 20.9 Å². The van der Waals surface area contributed by atoms with Crippen molar-refractivity contribution in [1.82, 2.24) is 0 Å². The van der Waals surface area contributed by atoms with Crippen molar-refractivity contribution >= 4 is 18.5 Å². The van der Waals surface area contributed by atoms with Gasteiger partial charge in [0, 0.05) is 11.8 Å². The normalized spacial score (nSPS) is 13.6. The molecule has 1 atom stereocenters. The molecule has 0 fully saturated rings. The Morgan fingerprint density at radius 1 is 0.800 bits per heavy atom. The molecule has 0 amide bonds. The predicted molar refractivity (Wildman–Crippen MR) is 134 cm³/mol. The Balaban J connectivity index is 1.89. The zero-order valence-corrected chi connectivity index (χ0v) is 20.9. The number of rotatable bonds is 19. The van der Waals surface area contributed by atoms with Crippen LogP contribution in [0.3, 0.4) is 0 Å². The standard InChI is InChI=1S/C25H43O3PS/c1-3-4-5-6-7-8-9-10-11-12-13-14-15-16-17-18-23-27-29(26,30)28-25-21-19-24(2)20-22-25/h10-11,19-22H,3-9,12-18,23H2,1-2H3,(H,26,30)/b11-10-. The van der Waals surface area contributed by atoms with Crippen molar-refractivity contribution in [1.29, 1.82) is 0 Å². The third-order valence-corrected chi connectivity index (χ3v) is 6.64. The quantitative estimate of drug-likeness (QED) is 0.129. The average Bonchev–Trinajstić information content (AvgIpc) is 2.72. The fraction of sp³-hybridized carbons (Fsp3) is 0.680. The molecule has 5 heteroatoms. The minimum absolute atomic E-state index is 0.459. The molecule has 0 radical (unpaired) electrons. The van der Waals surface area contributed by atoms with Gasteiger partial charge in [-0.15, -0.1) is 0 Å². The summed E-state index contributed by atoms with van der Waals surface area (Å²) in [7, 11) is 0. The van der Waals surface area contributed by atoms with Gasteiger partial charge in [0.1, 0.15) is 5.75 Å². The second-order valence-corrected chi connectivity index (χ2v) is 10.9. The van der Waals surface area contributed by atoms with Crippen LogP contribution in [0, 0.1) is 6.92 Å². The van der Waals surface area contributed by atoms with Gasteiger partial charge >= 0.3 is 6.72 Å². The molecule has 1 aromatic carbocycles. The molecule has 1 aromatic rings. The zero-order chi connectivity index (χ0) is 21.9. The summed E-state index contributed by atoms with van der Waals surface area (Å²) >= 11 is 5.08. The van der Waals surface area contributed by atoms with E-state index < -0.39 is 6.72 Å². The van der Waals surface area contributed by atoms with E-state index in [2.05, 4.69) is 19.1 Å². The molecule has 0 heterocycles. The van der Waals surface area contributed by atoms with Crippen molar-refractivity contribution in [3.63, 3.8) is 0 Å². The summed E-state index contributed by atoms with van der Waals surface area (Å²) in [5.41, 5.74) is 1.14. The van der Waals surface area contributed by atoms with E-state index >= 15 is 0 Å². The number of hydrogen-bond donors (Lipinski definition) is 1. The number of benzene rings is 1. The lowest BCUT2D eigenvalue weighted by Gasteiger charge is -2.16. The van der Waals surface area contributed by atoms with Crippen molar-refractivity contribution in [3.8, 4) is 5.75 Å². The molecule has 0 aliphatic rings. The molecule has 1 N–H and O–H groups in total. The molecule has 1 unspecified atom stereocenters. The van der Waals surface area contributed by atoms with Gasteiger partial charge in [-0.2, -0.15) is 0 Å². The van der Waals surface area contributed by atoms with Crippen molar-refractivity contribution in [2.45, 2.75) is 104 Å². The lowest BCUT2D eigenvalue weighted by atomic mass is 10.1. The van der Waals surface area contributed by atoms with E-state index in [-0.39, 0.29) is 0 Å². The fourth-order valence-electron chi connectivity index (χ4n) is 3.29. The third kappa shape index (κ3) is 16.1. The minimum atomic E-state index is -3.19. The molecule has 172 valence electrons. The van der Waals surface area contributed by atoms with Crippen molar-refractivity contribution in [2.75, 3.05) is 6.61 Å². The van der Waals surface area contributed by atoms with E-state index in [1.807, 2.05) is 19.1 Å². The van der Waals surface area contributed by atoms with Crippen LogP contribution in [0.25, 0.3) is 0 Å². The first-order valence-corrected chi connectivity index (χ1v) is 14.5. The highest BCUT2D eigenvalue weighted by molar-refractivity contribution is 8.07. The molecular formula is C25H43O3PS. The Hall–Kier alpha value is -0.670. The Morgan fingerprint density at radius 3 is 1.87 bits per heavy atom. The summed E-state index contributed by atoms with van der Waals surface area (Å²) in [5, 5.41) is 0. The van der Waals surface area contributed by atoms with E-state index in [9.17, 15) is 4.89 Å².